The number of nitrogens with one attached hydrogen (secondary N) is 3. The maximum atomic E-state index is 14.1. The van der Waals surface area contributed by atoms with Gasteiger partial charge < -0.3 is 10.2 Å². The minimum atomic E-state index is -0.876. The molecule has 142 valence electrons. The predicted octanol–water partition coefficient (Wildman–Crippen LogP) is 0.254. The lowest BCUT2D eigenvalue weighted by Crippen LogP contribution is -2.52. The van der Waals surface area contributed by atoms with E-state index in [-0.39, 0.29) is 30.2 Å². The van der Waals surface area contributed by atoms with E-state index in [0.29, 0.717) is 25.4 Å². The van der Waals surface area contributed by atoms with E-state index in [1.807, 2.05) is 0 Å². The standard InChI is InChI=1S/C18H32FN5O/c1-23-8-3-2-4-13(23)5-6-21-18-22-15-11-12(19)10-14-16(15)24(18)9-7-20-17(14)25/h12-16,18,21-22H,2-11H2,1H3,(H,20,25). The Kier molecular flexibility index (Phi) is 5.27. The number of carbonyl (C=O) groups excluding carboxylic acids is 1. The molecule has 1 aliphatic carbocycles. The molecular weight excluding hydrogens is 321 g/mol. The maximum absolute atomic E-state index is 14.1. The van der Waals surface area contributed by atoms with Crippen molar-refractivity contribution < 1.29 is 9.18 Å². The molecular formula is C18H32FN5O. The number of hydrogen-bond donors (Lipinski definition) is 3. The normalized spacial score (nSPS) is 42.7. The van der Waals surface area contributed by atoms with E-state index in [1.54, 1.807) is 0 Å². The van der Waals surface area contributed by atoms with E-state index < -0.39 is 6.17 Å². The van der Waals surface area contributed by atoms with Gasteiger partial charge in [0.2, 0.25) is 5.91 Å². The van der Waals surface area contributed by atoms with Gasteiger partial charge in [-0.05, 0) is 52.2 Å². The van der Waals surface area contributed by atoms with Crippen molar-refractivity contribution in [3.05, 3.63) is 0 Å². The zero-order valence-corrected chi connectivity index (χ0v) is 15.2. The molecule has 6 nitrogen and oxygen atoms in total. The molecule has 4 fully saturated rings. The third-order valence-corrected chi connectivity index (χ3v) is 6.67. The van der Waals surface area contributed by atoms with Gasteiger partial charge in [-0.2, -0.15) is 0 Å². The van der Waals surface area contributed by atoms with Crippen LogP contribution < -0.4 is 16.0 Å². The Hall–Kier alpha value is -0.760. The topological polar surface area (TPSA) is 59.6 Å². The fraction of sp³-hybridized carbons (Fsp3) is 0.944. The molecule has 6 atom stereocenters. The number of halogens is 1. The van der Waals surface area contributed by atoms with Crippen molar-refractivity contribution in [2.24, 2.45) is 5.92 Å². The van der Waals surface area contributed by atoms with Crippen molar-refractivity contribution in [1.82, 2.24) is 25.8 Å². The molecule has 7 heteroatoms. The van der Waals surface area contributed by atoms with E-state index in [9.17, 15) is 9.18 Å². The molecule has 6 unspecified atom stereocenters. The van der Waals surface area contributed by atoms with Crippen LogP contribution in [0.15, 0.2) is 0 Å². The van der Waals surface area contributed by atoms with Crippen LogP contribution in [0.5, 0.6) is 0 Å². The molecule has 0 aromatic heterocycles. The van der Waals surface area contributed by atoms with Crippen LogP contribution >= 0.6 is 0 Å². The summed E-state index contributed by atoms with van der Waals surface area (Å²) in [5.41, 5.74) is 0. The molecule has 0 radical (unpaired) electrons. The minimum Gasteiger partial charge on any atom is -0.355 e. The third kappa shape index (κ3) is 3.56. The zero-order valence-electron chi connectivity index (χ0n) is 15.2. The van der Waals surface area contributed by atoms with Crippen molar-refractivity contribution >= 4 is 5.91 Å². The van der Waals surface area contributed by atoms with Gasteiger partial charge in [0.25, 0.3) is 0 Å². The number of nitrogens with zero attached hydrogens (tertiary/aromatic N) is 2. The molecule has 3 heterocycles. The van der Waals surface area contributed by atoms with Crippen molar-refractivity contribution in [2.45, 2.75) is 69.1 Å². The lowest BCUT2D eigenvalue weighted by Gasteiger charge is -2.36. The van der Waals surface area contributed by atoms with Gasteiger partial charge in [-0.15, -0.1) is 0 Å². The van der Waals surface area contributed by atoms with Crippen molar-refractivity contribution in [3.63, 3.8) is 0 Å². The van der Waals surface area contributed by atoms with Gasteiger partial charge in [0.1, 0.15) is 12.5 Å². The Bertz CT molecular complexity index is 492. The maximum Gasteiger partial charge on any atom is 0.224 e. The van der Waals surface area contributed by atoms with Crippen molar-refractivity contribution in [2.75, 3.05) is 33.2 Å². The second kappa shape index (κ2) is 7.47. The number of rotatable bonds is 4. The number of alkyl halides is 1. The van der Waals surface area contributed by atoms with Crippen molar-refractivity contribution in [1.29, 1.82) is 0 Å². The third-order valence-electron chi connectivity index (χ3n) is 6.67. The average molecular weight is 353 g/mol. The SMILES string of the molecule is CN1CCCCC1CCNC1NC2CC(F)CC3C(=O)NCCN1C23. The molecule has 0 aromatic rings. The van der Waals surface area contributed by atoms with Crippen LogP contribution in [-0.2, 0) is 4.79 Å². The molecule has 0 bridgehead atoms. The lowest BCUT2D eigenvalue weighted by molar-refractivity contribution is -0.127. The molecule has 1 saturated carbocycles. The Morgan fingerprint density at radius 1 is 1.28 bits per heavy atom. The van der Waals surface area contributed by atoms with E-state index in [1.165, 1.54) is 25.8 Å². The minimum absolute atomic E-state index is 0.0335. The van der Waals surface area contributed by atoms with E-state index in [0.717, 1.165) is 19.5 Å². The van der Waals surface area contributed by atoms with E-state index in [4.69, 9.17) is 0 Å². The summed E-state index contributed by atoms with van der Waals surface area (Å²) < 4.78 is 14.1. The summed E-state index contributed by atoms with van der Waals surface area (Å²) in [6.45, 7) is 3.64. The summed E-state index contributed by atoms with van der Waals surface area (Å²) in [7, 11) is 2.23. The van der Waals surface area contributed by atoms with Gasteiger partial charge in [-0.25, -0.2) is 4.39 Å². The fourth-order valence-electron chi connectivity index (χ4n) is 5.36. The Labute approximate surface area is 149 Å². The molecule has 0 aromatic carbocycles. The quantitative estimate of drug-likeness (QED) is 0.677. The Morgan fingerprint density at radius 3 is 3.00 bits per heavy atom. The van der Waals surface area contributed by atoms with Crippen LogP contribution in [0, 0.1) is 5.92 Å². The van der Waals surface area contributed by atoms with Gasteiger partial charge in [0, 0.05) is 31.2 Å². The van der Waals surface area contributed by atoms with Crippen LogP contribution in [0.3, 0.4) is 0 Å². The highest BCUT2D eigenvalue weighted by molar-refractivity contribution is 5.80. The second-order valence-corrected chi connectivity index (χ2v) is 8.24. The zero-order chi connectivity index (χ0) is 17.4. The van der Waals surface area contributed by atoms with Gasteiger partial charge in [-0.3, -0.25) is 20.3 Å². The fourth-order valence-corrected chi connectivity index (χ4v) is 5.36. The first-order valence-corrected chi connectivity index (χ1v) is 10.0. The highest BCUT2D eigenvalue weighted by atomic mass is 19.1. The number of hydrogen-bond acceptors (Lipinski definition) is 5. The number of amides is 1. The van der Waals surface area contributed by atoms with Gasteiger partial charge in [-0.1, -0.05) is 6.42 Å². The summed E-state index contributed by atoms with van der Waals surface area (Å²) in [5, 5.41) is 10.2. The highest BCUT2D eigenvalue weighted by Gasteiger charge is 2.51. The lowest BCUT2D eigenvalue weighted by atomic mass is 9.80. The first kappa shape index (κ1) is 17.6. The van der Waals surface area contributed by atoms with Gasteiger partial charge >= 0.3 is 0 Å². The molecule has 1 amide bonds. The molecule has 4 aliphatic rings. The molecule has 3 aliphatic heterocycles. The monoisotopic (exact) mass is 353 g/mol. The predicted molar refractivity (Wildman–Crippen MR) is 94.7 cm³/mol. The van der Waals surface area contributed by atoms with Crippen LogP contribution in [-0.4, -0.2) is 79.5 Å². The summed E-state index contributed by atoms with van der Waals surface area (Å²) in [6, 6.07) is 0.872. The molecule has 3 saturated heterocycles. The van der Waals surface area contributed by atoms with Crippen LogP contribution in [0.25, 0.3) is 0 Å². The smallest absolute Gasteiger partial charge is 0.224 e. The highest BCUT2D eigenvalue weighted by Crippen LogP contribution is 2.36. The summed E-state index contributed by atoms with van der Waals surface area (Å²) >= 11 is 0. The van der Waals surface area contributed by atoms with E-state index >= 15 is 0 Å². The number of carbonyl (C=O) groups is 1. The molecule has 3 N–H and O–H groups in total. The van der Waals surface area contributed by atoms with Crippen molar-refractivity contribution in [3.8, 4) is 0 Å². The summed E-state index contributed by atoms with van der Waals surface area (Å²) in [6.07, 6.45) is 5.15. The first-order valence-electron chi connectivity index (χ1n) is 10.0. The van der Waals surface area contributed by atoms with E-state index in [2.05, 4.69) is 32.8 Å². The largest absolute Gasteiger partial charge is 0.355 e. The Balaban J connectivity index is 1.37. The van der Waals surface area contributed by atoms with Gasteiger partial charge in [0.05, 0.1) is 5.92 Å². The molecule has 25 heavy (non-hydrogen) atoms. The van der Waals surface area contributed by atoms with Crippen LogP contribution in [0.2, 0.25) is 0 Å². The van der Waals surface area contributed by atoms with Crippen LogP contribution in [0.1, 0.15) is 38.5 Å². The first-order chi connectivity index (χ1) is 12.1. The number of likely N-dealkylation sites (tertiary alicyclic amines) is 1. The van der Waals surface area contributed by atoms with Gasteiger partial charge in [0.15, 0.2) is 0 Å². The Morgan fingerprint density at radius 2 is 2.16 bits per heavy atom. The summed E-state index contributed by atoms with van der Waals surface area (Å²) in [4.78, 5) is 17.2. The van der Waals surface area contributed by atoms with Crippen LogP contribution in [0.4, 0.5) is 4.39 Å². The molecule has 4 rings (SSSR count). The summed E-state index contributed by atoms with van der Waals surface area (Å²) in [5.74, 6) is -0.189. The second-order valence-electron chi connectivity index (χ2n) is 8.24. The number of piperidine rings is 1. The molecule has 0 spiro atoms. The average Bonchev–Trinajstić information content (AvgIpc) is 2.83.